The lowest BCUT2D eigenvalue weighted by molar-refractivity contribution is -0.0872. The number of ether oxygens (including phenoxy) is 2. The van der Waals surface area contributed by atoms with E-state index < -0.39 is 12.2 Å². The van der Waals surface area contributed by atoms with Crippen molar-refractivity contribution in [2.24, 2.45) is 29.4 Å². The molecule has 7 atom stereocenters. The monoisotopic (exact) mass is 532 g/mol. The first-order valence-electron chi connectivity index (χ1n) is 15.1. The summed E-state index contributed by atoms with van der Waals surface area (Å²) in [4.78, 5) is 26.6. The number of benzene rings is 2. The van der Waals surface area contributed by atoms with E-state index in [0.717, 1.165) is 49.9 Å². The van der Waals surface area contributed by atoms with Crippen LogP contribution in [-0.4, -0.2) is 30.7 Å². The summed E-state index contributed by atoms with van der Waals surface area (Å²) in [5.74, 6) is 0.936. The lowest BCUT2D eigenvalue weighted by Gasteiger charge is -2.42. The second-order valence-corrected chi connectivity index (χ2v) is 11.8. The average molecular weight is 533 g/mol. The van der Waals surface area contributed by atoms with E-state index in [1.165, 1.54) is 25.7 Å². The average Bonchev–Trinajstić information content (AvgIpc) is 3.51. The lowest BCUT2D eigenvalue weighted by atomic mass is 9.69. The summed E-state index contributed by atoms with van der Waals surface area (Å²) in [6.45, 7) is 5.19. The van der Waals surface area contributed by atoms with Gasteiger partial charge in [0.1, 0.15) is 12.2 Å². The number of nitrogens with two attached hydrogens (primary N) is 1. The predicted octanol–water partition coefficient (Wildman–Crippen LogP) is 6.91. The molecule has 3 fully saturated rings. The molecule has 39 heavy (non-hydrogen) atoms. The van der Waals surface area contributed by atoms with Crippen LogP contribution in [0, 0.1) is 23.7 Å². The van der Waals surface area contributed by atoms with Gasteiger partial charge in [0.2, 0.25) is 0 Å². The van der Waals surface area contributed by atoms with Crippen molar-refractivity contribution >= 4 is 17.6 Å². The summed E-state index contributed by atoms with van der Waals surface area (Å²) >= 11 is 0. The second kappa shape index (κ2) is 12.5. The summed E-state index contributed by atoms with van der Waals surface area (Å²) in [6, 6.07) is 14.9. The van der Waals surface area contributed by atoms with Gasteiger partial charge in [0.05, 0.1) is 11.1 Å². The van der Waals surface area contributed by atoms with Gasteiger partial charge in [-0.25, -0.2) is 9.59 Å². The van der Waals surface area contributed by atoms with Crippen LogP contribution >= 0.6 is 0 Å². The standard InChI is InChI=1S/C33H44N2O4/c1-3-5-19-35-24-17-15-23(16-18-24)33(37)39-31-28-20-27(25-9-6-7-10-26(25)28)30(31)38-32(36)22-13-11-21(12-14-22)29(34)8-4-2/h11-18,25-31,35H,3-10,19-20,34H2,1-2H3/t25?,26?,27-,28?,29?,30?,31?/m1/s1. The van der Waals surface area contributed by atoms with Crippen molar-refractivity contribution in [2.45, 2.75) is 89.9 Å². The quantitative estimate of drug-likeness (QED) is 0.241. The molecule has 0 aliphatic heterocycles. The molecule has 0 spiro atoms. The van der Waals surface area contributed by atoms with E-state index >= 15 is 0 Å². The van der Waals surface area contributed by atoms with Crippen LogP contribution < -0.4 is 11.1 Å². The Labute approximate surface area is 233 Å². The SMILES string of the molecule is CCCCNc1ccc(C(=O)OC2C3C[C@H](C4CCCCC34)C2OC(=O)c2ccc(C(N)CCC)cc2)cc1. The molecule has 2 aromatic carbocycles. The molecule has 0 saturated heterocycles. The van der Waals surface area contributed by atoms with Gasteiger partial charge in [-0.1, -0.05) is 51.7 Å². The number of carbonyl (C=O) groups excluding carboxylic acids is 2. The minimum atomic E-state index is -0.400. The molecule has 2 aromatic rings. The van der Waals surface area contributed by atoms with Crippen LogP contribution in [0.2, 0.25) is 0 Å². The fraction of sp³-hybridized carbons (Fsp3) is 0.576. The van der Waals surface area contributed by atoms with Gasteiger partial charge >= 0.3 is 11.9 Å². The summed E-state index contributed by atoms with van der Waals surface area (Å²) in [5.41, 5.74) is 9.32. The smallest absolute Gasteiger partial charge is 0.338 e. The van der Waals surface area contributed by atoms with E-state index in [1.807, 2.05) is 36.4 Å². The highest BCUT2D eigenvalue weighted by Crippen LogP contribution is 2.59. The molecule has 6 heteroatoms. The van der Waals surface area contributed by atoms with Crippen LogP contribution in [0.1, 0.15) is 104 Å². The number of carbonyl (C=O) groups is 2. The van der Waals surface area contributed by atoms with Crippen molar-refractivity contribution < 1.29 is 19.1 Å². The van der Waals surface area contributed by atoms with Crippen LogP contribution in [0.25, 0.3) is 0 Å². The van der Waals surface area contributed by atoms with E-state index in [9.17, 15) is 9.59 Å². The third-order valence-electron chi connectivity index (χ3n) is 9.33. The van der Waals surface area contributed by atoms with E-state index in [2.05, 4.69) is 19.2 Å². The highest BCUT2D eigenvalue weighted by atomic mass is 16.6. The van der Waals surface area contributed by atoms with Gasteiger partial charge < -0.3 is 20.5 Å². The van der Waals surface area contributed by atoms with Crippen LogP contribution in [-0.2, 0) is 9.47 Å². The molecule has 3 aliphatic carbocycles. The topological polar surface area (TPSA) is 90.6 Å². The maximum Gasteiger partial charge on any atom is 0.338 e. The van der Waals surface area contributed by atoms with Crippen molar-refractivity contribution in [1.29, 1.82) is 0 Å². The third-order valence-corrected chi connectivity index (χ3v) is 9.33. The number of unbranched alkanes of at least 4 members (excludes halogenated alkanes) is 1. The Balaban J connectivity index is 1.29. The summed E-state index contributed by atoms with van der Waals surface area (Å²) < 4.78 is 12.4. The Kier molecular flexibility index (Phi) is 8.91. The minimum absolute atomic E-state index is 0.0288. The van der Waals surface area contributed by atoms with Gasteiger partial charge in [0.25, 0.3) is 0 Å². The Morgan fingerprint density at radius 1 is 0.821 bits per heavy atom. The van der Waals surface area contributed by atoms with Gasteiger partial charge in [-0.05, 0) is 85.9 Å². The van der Waals surface area contributed by atoms with E-state index in [4.69, 9.17) is 15.2 Å². The van der Waals surface area contributed by atoms with Crippen molar-refractivity contribution in [1.82, 2.24) is 0 Å². The Bertz CT molecular complexity index is 1120. The van der Waals surface area contributed by atoms with Gasteiger partial charge in [-0.3, -0.25) is 0 Å². The molecule has 0 amide bonds. The van der Waals surface area contributed by atoms with Crippen LogP contribution in [0.5, 0.6) is 0 Å². The van der Waals surface area contributed by atoms with Crippen LogP contribution in [0.4, 0.5) is 5.69 Å². The van der Waals surface area contributed by atoms with Gasteiger partial charge in [0.15, 0.2) is 0 Å². The molecule has 3 saturated carbocycles. The first-order chi connectivity index (χ1) is 19.0. The molecule has 6 unspecified atom stereocenters. The fourth-order valence-corrected chi connectivity index (χ4v) is 7.33. The lowest BCUT2D eigenvalue weighted by Crippen LogP contribution is -2.47. The van der Waals surface area contributed by atoms with Crippen LogP contribution in [0.15, 0.2) is 48.5 Å². The van der Waals surface area contributed by atoms with Crippen molar-refractivity contribution in [3.8, 4) is 0 Å². The van der Waals surface area contributed by atoms with Gasteiger partial charge in [-0.2, -0.15) is 0 Å². The number of nitrogens with one attached hydrogen (secondary N) is 1. The highest BCUT2D eigenvalue weighted by molar-refractivity contribution is 5.91. The van der Waals surface area contributed by atoms with Crippen molar-refractivity contribution in [3.63, 3.8) is 0 Å². The first kappa shape index (κ1) is 27.7. The third kappa shape index (κ3) is 6.01. The molecule has 3 N–H and O–H groups in total. The highest BCUT2D eigenvalue weighted by Gasteiger charge is 2.61. The fourth-order valence-electron chi connectivity index (χ4n) is 7.33. The number of esters is 2. The molecule has 0 radical (unpaired) electrons. The van der Waals surface area contributed by atoms with Crippen molar-refractivity contribution in [3.05, 3.63) is 65.2 Å². The maximum atomic E-state index is 13.3. The Morgan fingerprint density at radius 2 is 1.36 bits per heavy atom. The maximum absolute atomic E-state index is 13.3. The van der Waals surface area contributed by atoms with E-state index in [-0.39, 0.29) is 29.8 Å². The number of anilines is 1. The number of rotatable bonds is 11. The summed E-state index contributed by atoms with van der Waals surface area (Å²) in [6.07, 6.45) is 9.14. The number of hydrogen-bond donors (Lipinski definition) is 2. The molecule has 210 valence electrons. The molecule has 0 heterocycles. The van der Waals surface area contributed by atoms with E-state index in [1.54, 1.807) is 12.1 Å². The summed E-state index contributed by atoms with van der Waals surface area (Å²) in [5, 5.41) is 3.38. The van der Waals surface area contributed by atoms with Crippen molar-refractivity contribution in [2.75, 3.05) is 11.9 Å². The van der Waals surface area contributed by atoms with E-state index in [0.29, 0.717) is 23.0 Å². The Morgan fingerprint density at radius 3 is 1.87 bits per heavy atom. The van der Waals surface area contributed by atoms with Gasteiger partial charge in [-0.15, -0.1) is 0 Å². The zero-order valence-corrected chi connectivity index (χ0v) is 23.4. The van der Waals surface area contributed by atoms with Crippen LogP contribution in [0.3, 0.4) is 0 Å². The van der Waals surface area contributed by atoms with Gasteiger partial charge in [0, 0.05) is 30.1 Å². The summed E-state index contributed by atoms with van der Waals surface area (Å²) in [7, 11) is 0. The number of fused-ring (bicyclic) bond motifs is 5. The predicted molar refractivity (Wildman–Crippen MR) is 154 cm³/mol. The zero-order chi connectivity index (χ0) is 27.4. The Hall–Kier alpha value is -2.86. The largest absolute Gasteiger partial charge is 0.455 e. The zero-order valence-electron chi connectivity index (χ0n) is 23.4. The molecule has 0 aromatic heterocycles. The number of hydrogen-bond acceptors (Lipinski definition) is 6. The normalized spacial score (nSPS) is 28.0. The first-order valence-corrected chi connectivity index (χ1v) is 15.1. The molecule has 3 aliphatic rings. The molecular weight excluding hydrogens is 488 g/mol. The second-order valence-electron chi connectivity index (χ2n) is 11.8. The minimum Gasteiger partial charge on any atom is -0.455 e. The molecule has 2 bridgehead atoms. The molecule has 5 rings (SSSR count). The molecular formula is C33H44N2O4. The molecule has 6 nitrogen and oxygen atoms in total.